The molecule has 0 fully saturated rings. The highest BCUT2D eigenvalue weighted by atomic mass is 79.9. The van der Waals surface area contributed by atoms with E-state index in [1.807, 2.05) is 0 Å². The van der Waals surface area contributed by atoms with Crippen LogP contribution in [0.5, 0.6) is 0 Å². The monoisotopic (exact) mass is 219 g/mol. The molecule has 0 aliphatic carbocycles. The molecule has 0 unspecified atom stereocenters. The molecule has 1 N–H and O–H groups in total. The van der Waals surface area contributed by atoms with Crippen LogP contribution in [-0.2, 0) is 4.79 Å². The second-order valence-electron chi connectivity index (χ2n) is 1.81. The second-order valence-corrected chi connectivity index (χ2v) is 2.37. The van der Waals surface area contributed by atoms with E-state index in [-0.39, 0.29) is 17.3 Å². The van der Waals surface area contributed by atoms with E-state index in [4.69, 9.17) is 4.42 Å². The molecule has 0 aromatic carbocycles. The number of aromatic nitrogens is 2. The summed E-state index contributed by atoms with van der Waals surface area (Å²) in [5, 5.41) is 9.69. The molecular weight excluding hydrogens is 214 g/mol. The van der Waals surface area contributed by atoms with Gasteiger partial charge in [0.25, 0.3) is 0 Å². The first-order chi connectivity index (χ1) is 5.22. The Hall–Kier alpha value is -0.910. The number of carbonyl (C=O) groups is 1. The molecule has 0 spiro atoms. The van der Waals surface area contributed by atoms with Gasteiger partial charge in [0, 0.05) is 6.92 Å². The van der Waals surface area contributed by atoms with E-state index in [1.165, 1.54) is 0 Å². The minimum Gasteiger partial charge on any atom is -0.408 e. The zero-order chi connectivity index (χ0) is 8.27. The number of alkyl halides is 1. The molecule has 1 heterocycles. The van der Waals surface area contributed by atoms with E-state index in [2.05, 4.69) is 31.4 Å². The topological polar surface area (TPSA) is 68.0 Å². The molecule has 1 aromatic rings. The number of rotatable bonds is 2. The largest absolute Gasteiger partial charge is 0.408 e. The van der Waals surface area contributed by atoms with Gasteiger partial charge in [-0.3, -0.25) is 10.1 Å². The molecule has 60 valence electrons. The molecule has 0 aliphatic rings. The molecule has 0 saturated heterocycles. The van der Waals surface area contributed by atoms with Gasteiger partial charge in [-0.05, 0) is 0 Å². The fourth-order valence-corrected chi connectivity index (χ4v) is 0.640. The summed E-state index contributed by atoms with van der Waals surface area (Å²) in [6, 6.07) is 0.131. The van der Waals surface area contributed by atoms with Crippen molar-refractivity contribution in [3.63, 3.8) is 0 Å². The van der Waals surface area contributed by atoms with Gasteiger partial charge in [-0.1, -0.05) is 21.0 Å². The maximum atomic E-state index is 10.7. The highest BCUT2D eigenvalue weighted by Gasteiger charge is 2.04. The Kier molecular flexibility index (Phi) is 2.58. The number of nitrogens with zero attached hydrogens (tertiary/aromatic N) is 2. The van der Waals surface area contributed by atoms with Gasteiger partial charge in [-0.15, -0.1) is 5.10 Å². The minimum absolute atomic E-state index is 0.131. The summed E-state index contributed by atoms with van der Waals surface area (Å²) in [7, 11) is 0. The van der Waals surface area contributed by atoms with E-state index >= 15 is 0 Å². The molecule has 0 bridgehead atoms. The van der Waals surface area contributed by atoms with Crippen molar-refractivity contribution in [2.75, 3.05) is 10.6 Å². The molecule has 1 amide bonds. The first kappa shape index (κ1) is 8.19. The average molecular weight is 220 g/mol. The third-order valence-electron chi connectivity index (χ3n) is 0.894. The molecule has 0 atom stereocenters. The molecule has 11 heavy (non-hydrogen) atoms. The molecule has 0 saturated carbocycles. The number of anilines is 1. The summed E-state index contributed by atoms with van der Waals surface area (Å²) < 4.78 is 4.88. The lowest BCUT2D eigenvalue weighted by atomic mass is 10.7. The maximum Gasteiger partial charge on any atom is 0.322 e. The third-order valence-corrected chi connectivity index (χ3v) is 1.40. The molecule has 6 heteroatoms. The van der Waals surface area contributed by atoms with E-state index in [9.17, 15) is 4.79 Å². The van der Waals surface area contributed by atoms with Gasteiger partial charge in [-0.25, -0.2) is 0 Å². The summed E-state index contributed by atoms with van der Waals surface area (Å²) in [5.41, 5.74) is 0. The normalized spacial score (nSPS) is 9.64. The Bertz CT molecular complexity index is 260. The zero-order valence-electron chi connectivity index (χ0n) is 5.80. The van der Waals surface area contributed by atoms with Crippen molar-refractivity contribution >= 4 is 27.9 Å². The van der Waals surface area contributed by atoms with Crippen molar-refractivity contribution in [3.05, 3.63) is 5.89 Å². The van der Waals surface area contributed by atoms with Crippen molar-refractivity contribution in [1.29, 1.82) is 0 Å². The van der Waals surface area contributed by atoms with Crippen LogP contribution >= 0.6 is 15.9 Å². The number of aryl methyl sites for hydroxylation is 1. The molecule has 0 radical (unpaired) electrons. The fourth-order valence-electron chi connectivity index (χ4n) is 0.500. The maximum absolute atomic E-state index is 10.7. The first-order valence-electron chi connectivity index (χ1n) is 2.88. The van der Waals surface area contributed by atoms with Gasteiger partial charge in [0.2, 0.25) is 11.8 Å². The van der Waals surface area contributed by atoms with Crippen LogP contribution in [0.15, 0.2) is 4.42 Å². The number of carbonyl (C=O) groups excluding carboxylic acids is 1. The Morgan fingerprint density at radius 2 is 2.45 bits per heavy atom. The third kappa shape index (κ3) is 2.30. The fraction of sp³-hybridized carbons (Fsp3) is 0.400. The van der Waals surface area contributed by atoms with Gasteiger partial charge >= 0.3 is 6.01 Å². The van der Waals surface area contributed by atoms with Crippen LogP contribution in [0.1, 0.15) is 5.89 Å². The van der Waals surface area contributed by atoms with Crippen LogP contribution < -0.4 is 5.32 Å². The number of hydrogen-bond acceptors (Lipinski definition) is 4. The lowest BCUT2D eigenvalue weighted by molar-refractivity contribution is -0.113. The summed E-state index contributed by atoms with van der Waals surface area (Å²) in [4.78, 5) is 10.7. The molecular formula is C5H6BrN3O2. The van der Waals surface area contributed by atoms with Crippen molar-refractivity contribution in [3.8, 4) is 0 Å². The predicted molar refractivity (Wildman–Crippen MR) is 41.5 cm³/mol. The van der Waals surface area contributed by atoms with Crippen LogP contribution in [0.4, 0.5) is 6.01 Å². The van der Waals surface area contributed by atoms with E-state index in [0.717, 1.165) is 0 Å². The molecule has 0 aliphatic heterocycles. The average Bonchev–Trinajstić information content (AvgIpc) is 2.35. The smallest absolute Gasteiger partial charge is 0.322 e. The Balaban J connectivity index is 2.57. The van der Waals surface area contributed by atoms with Crippen molar-refractivity contribution in [1.82, 2.24) is 10.2 Å². The Labute approximate surface area is 71.3 Å². The Morgan fingerprint density at radius 3 is 2.91 bits per heavy atom. The number of nitrogens with one attached hydrogen (secondary N) is 1. The predicted octanol–water partition coefficient (Wildman–Crippen LogP) is 0.711. The van der Waals surface area contributed by atoms with E-state index < -0.39 is 0 Å². The minimum atomic E-state index is -0.214. The summed E-state index contributed by atoms with van der Waals surface area (Å²) in [5.74, 6) is 0.212. The van der Waals surface area contributed by atoms with Crippen LogP contribution in [0, 0.1) is 6.92 Å². The SMILES string of the molecule is Cc1nnc(NC(=O)CBr)o1. The summed E-state index contributed by atoms with van der Waals surface area (Å²) in [6.45, 7) is 1.65. The first-order valence-corrected chi connectivity index (χ1v) is 4.00. The van der Waals surface area contributed by atoms with E-state index in [1.54, 1.807) is 6.92 Å². The van der Waals surface area contributed by atoms with E-state index in [0.29, 0.717) is 5.89 Å². The van der Waals surface area contributed by atoms with Crippen LogP contribution in [0.25, 0.3) is 0 Å². The lowest BCUT2D eigenvalue weighted by Crippen LogP contribution is -2.12. The lowest BCUT2D eigenvalue weighted by Gasteiger charge is -1.92. The standard InChI is InChI=1S/C5H6BrN3O2/c1-3-8-9-5(11-3)7-4(10)2-6/h2H2,1H3,(H,7,9,10). The van der Waals surface area contributed by atoms with Gasteiger partial charge in [0.1, 0.15) is 0 Å². The number of hydrogen-bond donors (Lipinski definition) is 1. The summed E-state index contributed by atoms with van der Waals surface area (Å²) >= 11 is 2.98. The van der Waals surface area contributed by atoms with Crippen LogP contribution in [0.3, 0.4) is 0 Å². The van der Waals surface area contributed by atoms with Crippen LogP contribution in [-0.4, -0.2) is 21.4 Å². The van der Waals surface area contributed by atoms with Crippen molar-refractivity contribution in [2.24, 2.45) is 0 Å². The van der Waals surface area contributed by atoms with Crippen LogP contribution in [0.2, 0.25) is 0 Å². The number of halogens is 1. The highest BCUT2D eigenvalue weighted by molar-refractivity contribution is 9.09. The van der Waals surface area contributed by atoms with Gasteiger partial charge in [0.15, 0.2) is 0 Å². The molecule has 1 aromatic heterocycles. The highest BCUT2D eigenvalue weighted by Crippen LogP contribution is 2.03. The van der Waals surface area contributed by atoms with Gasteiger partial charge in [0.05, 0.1) is 5.33 Å². The summed E-state index contributed by atoms with van der Waals surface area (Å²) in [6.07, 6.45) is 0. The van der Waals surface area contributed by atoms with Gasteiger partial charge in [-0.2, -0.15) is 0 Å². The molecule has 5 nitrogen and oxygen atoms in total. The zero-order valence-corrected chi connectivity index (χ0v) is 7.38. The van der Waals surface area contributed by atoms with Crippen molar-refractivity contribution in [2.45, 2.75) is 6.92 Å². The Morgan fingerprint density at radius 1 is 1.73 bits per heavy atom. The quantitative estimate of drug-likeness (QED) is 0.745. The second kappa shape index (κ2) is 3.47. The van der Waals surface area contributed by atoms with Crippen molar-refractivity contribution < 1.29 is 9.21 Å². The number of amides is 1. The van der Waals surface area contributed by atoms with Gasteiger partial charge < -0.3 is 4.42 Å². The molecule has 1 rings (SSSR count).